The Morgan fingerprint density at radius 3 is 2.48 bits per heavy atom. The molecule has 110 valence electrons. The van der Waals surface area contributed by atoms with E-state index in [2.05, 4.69) is 22.5 Å². The predicted molar refractivity (Wildman–Crippen MR) is 80.1 cm³/mol. The van der Waals surface area contributed by atoms with Gasteiger partial charge in [-0.2, -0.15) is 0 Å². The van der Waals surface area contributed by atoms with Crippen LogP contribution < -0.4 is 10.6 Å². The number of hydrogen-bond acceptors (Lipinski definition) is 2. The number of amides is 2. The topological polar surface area (TPSA) is 78.4 Å². The molecule has 0 spiro atoms. The van der Waals surface area contributed by atoms with E-state index in [0.29, 0.717) is 31.5 Å². The van der Waals surface area contributed by atoms with Gasteiger partial charge in [0.25, 0.3) is 0 Å². The molecule has 0 radical (unpaired) electrons. The molecule has 0 atom stereocenters. The molecule has 0 heterocycles. The number of urea groups is 1. The third-order valence-electron chi connectivity index (χ3n) is 3.57. The Bertz CT molecular complexity index is 592. The van der Waals surface area contributed by atoms with Crippen LogP contribution in [0.4, 0.5) is 10.5 Å². The Labute approximate surface area is 123 Å². The molecule has 1 aliphatic carbocycles. The molecule has 5 nitrogen and oxygen atoms in total. The van der Waals surface area contributed by atoms with E-state index >= 15 is 0 Å². The van der Waals surface area contributed by atoms with Crippen LogP contribution in [0.3, 0.4) is 0 Å². The zero-order valence-corrected chi connectivity index (χ0v) is 11.9. The predicted octanol–water partition coefficient (Wildman–Crippen LogP) is 2.34. The third kappa shape index (κ3) is 3.54. The van der Waals surface area contributed by atoms with Crippen LogP contribution in [0.2, 0.25) is 0 Å². The highest BCUT2D eigenvalue weighted by molar-refractivity contribution is 5.89. The van der Waals surface area contributed by atoms with Gasteiger partial charge in [0.2, 0.25) is 0 Å². The maximum atomic E-state index is 11.6. The van der Waals surface area contributed by atoms with Crippen molar-refractivity contribution < 1.29 is 14.7 Å². The van der Waals surface area contributed by atoms with Crippen molar-refractivity contribution in [2.24, 2.45) is 0 Å². The Balaban J connectivity index is 1.89. The summed E-state index contributed by atoms with van der Waals surface area (Å²) in [5, 5.41) is 14.6. The van der Waals surface area contributed by atoms with Crippen molar-refractivity contribution >= 4 is 17.7 Å². The van der Waals surface area contributed by atoms with E-state index in [1.54, 1.807) is 31.2 Å². The summed E-state index contributed by atoms with van der Waals surface area (Å²) in [6.45, 7) is 2.25. The molecule has 1 saturated carbocycles. The number of benzene rings is 1. The van der Waals surface area contributed by atoms with E-state index in [1.807, 2.05) is 0 Å². The SMILES string of the molecule is CC#CCCNC(=O)Nc1ccc(C2(C(=O)O)CC2)cc1. The zero-order chi connectivity index (χ0) is 15.3. The summed E-state index contributed by atoms with van der Waals surface area (Å²) in [7, 11) is 0. The molecule has 2 amide bonds. The van der Waals surface area contributed by atoms with Gasteiger partial charge in [-0.1, -0.05) is 12.1 Å². The molecular weight excluding hydrogens is 268 g/mol. The molecule has 0 unspecified atom stereocenters. The average molecular weight is 286 g/mol. The first-order valence-corrected chi connectivity index (χ1v) is 6.87. The minimum absolute atomic E-state index is 0.292. The number of rotatable bonds is 5. The van der Waals surface area contributed by atoms with Crippen LogP contribution in [0, 0.1) is 11.8 Å². The summed E-state index contributed by atoms with van der Waals surface area (Å²) >= 11 is 0. The highest BCUT2D eigenvalue weighted by Crippen LogP contribution is 2.48. The normalized spacial score (nSPS) is 14.5. The second kappa shape index (κ2) is 6.31. The fraction of sp³-hybridized carbons (Fsp3) is 0.375. The third-order valence-corrected chi connectivity index (χ3v) is 3.57. The fourth-order valence-corrected chi connectivity index (χ4v) is 2.16. The van der Waals surface area contributed by atoms with Crippen molar-refractivity contribution in [2.75, 3.05) is 11.9 Å². The number of carbonyl (C=O) groups excluding carboxylic acids is 1. The number of aliphatic carboxylic acids is 1. The summed E-state index contributed by atoms with van der Waals surface area (Å²) in [5.41, 5.74) is 0.720. The molecule has 0 aliphatic heterocycles. The van der Waals surface area contributed by atoms with E-state index in [9.17, 15) is 14.7 Å². The lowest BCUT2D eigenvalue weighted by Crippen LogP contribution is -2.29. The number of carboxylic acids is 1. The Kier molecular flexibility index (Phi) is 4.49. The first-order chi connectivity index (χ1) is 10.1. The van der Waals surface area contributed by atoms with Crippen molar-refractivity contribution in [3.63, 3.8) is 0 Å². The minimum Gasteiger partial charge on any atom is -0.481 e. The minimum atomic E-state index is -0.780. The lowest BCUT2D eigenvalue weighted by molar-refractivity contribution is -0.140. The van der Waals surface area contributed by atoms with Gasteiger partial charge in [0.15, 0.2) is 0 Å². The fourth-order valence-electron chi connectivity index (χ4n) is 2.16. The van der Waals surface area contributed by atoms with Gasteiger partial charge in [0, 0.05) is 18.7 Å². The Morgan fingerprint density at radius 2 is 1.95 bits per heavy atom. The Hall–Kier alpha value is -2.48. The van der Waals surface area contributed by atoms with Crippen molar-refractivity contribution in [3.8, 4) is 11.8 Å². The highest BCUT2D eigenvalue weighted by Gasteiger charge is 2.51. The van der Waals surface area contributed by atoms with Crippen LogP contribution in [0.5, 0.6) is 0 Å². The average Bonchev–Trinajstić information content (AvgIpc) is 3.26. The van der Waals surface area contributed by atoms with Crippen LogP contribution in [-0.4, -0.2) is 23.7 Å². The van der Waals surface area contributed by atoms with Gasteiger partial charge in [-0.3, -0.25) is 4.79 Å². The summed E-state index contributed by atoms with van der Waals surface area (Å²) < 4.78 is 0. The lowest BCUT2D eigenvalue weighted by atomic mass is 9.96. The molecule has 1 fully saturated rings. The number of hydrogen-bond donors (Lipinski definition) is 3. The number of carboxylic acid groups (broad SMARTS) is 1. The zero-order valence-electron chi connectivity index (χ0n) is 11.9. The van der Waals surface area contributed by atoms with Crippen LogP contribution in [-0.2, 0) is 10.2 Å². The second-order valence-electron chi connectivity index (χ2n) is 5.02. The van der Waals surface area contributed by atoms with E-state index in [4.69, 9.17) is 0 Å². The van der Waals surface area contributed by atoms with Gasteiger partial charge in [-0.05, 0) is 37.5 Å². The van der Waals surface area contributed by atoms with Gasteiger partial charge in [0.1, 0.15) is 0 Å². The van der Waals surface area contributed by atoms with Crippen molar-refractivity contribution in [2.45, 2.75) is 31.6 Å². The van der Waals surface area contributed by atoms with Gasteiger partial charge < -0.3 is 15.7 Å². The standard InChI is InChI=1S/C16H18N2O3/c1-2-3-4-11-17-15(21)18-13-7-5-12(6-8-13)16(9-10-16)14(19)20/h5-8H,4,9-11H2,1H3,(H,19,20)(H2,17,18,21). The van der Waals surface area contributed by atoms with E-state index in [-0.39, 0.29) is 6.03 Å². The first kappa shape index (κ1) is 14.9. The molecule has 0 aromatic heterocycles. The molecule has 0 bridgehead atoms. The molecular formula is C16H18N2O3. The molecule has 3 N–H and O–H groups in total. The van der Waals surface area contributed by atoms with Crippen LogP contribution in [0.25, 0.3) is 0 Å². The van der Waals surface area contributed by atoms with Gasteiger partial charge in [-0.25, -0.2) is 4.79 Å². The van der Waals surface area contributed by atoms with Crippen molar-refractivity contribution in [1.29, 1.82) is 0 Å². The van der Waals surface area contributed by atoms with Crippen LogP contribution in [0.1, 0.15) is 31.7 Å². The largest absolute Gasteiger partial charge is 0.481 e. The molecule has 5 heteroatoms. The lowest BCUT2D eigenvalue weighted by Gasteiger charge is -2.11. The van der Waals surface area contributed by atoms with Gasteiger partial charge in [0.05, 0.1) is 5.41 Å². The van der Waals surface area contributed by atoms with Crippen LogP contribution >= 0.6 is 0 Å². The molecule has 21 heavy (non-hydrogen) atoms. The van der Waals surface area contributed by atoms with Crippen molar-refractivity contribution in [1.82, 2.24) is 5.32 Å². The molecule has 1 aliphatic rings. The van der Waals surface area contributed by atoms with E-state index < -0.39 is 11.4 Å². The number of anilines is 1. The summed E-state index contributed by atoms with van der Waals surface area (Å²) in [6, 6.07) is 6.69. The van der Waals surface area contributed by atoms with E-state index in [0.717, 1.165) is 5.56 Å². The smallest absolute Gasteiger partial charge is 0.319 e. The number of nitrogens with one attached hydrogen (secondary N) is 2. The van der Waals surface area contributed by atoms with E-state index in [1.165, 1.54) is 0 Å². The van der Waals surface area contributed by atoms with Gasteiger partial charge in [-0.15, -0.1) is 11.8 Å². The maximum Gasteiger partial charge on any atom is 0.319 e. The number of carbonyl (C=O) groups is 2. The van der Waals surface area contributed by atoms with Crippen LogP contribution in [0.15, 0.2) is 24.3 Å². The molecule has 1 aromatic carbocycles. The van der Waals surface area contributed by atoms with Crippen molar-refractivity contribution in [3.05, 3.63) is 29.8 Å². The monoisotopic (exact) mass is 286 g/mol. The molecule has 1 aromatic rings. The summed E-state index contributed by atoms with van der Waals surface area (Å²) in [6.07, 6.45) is 1.96. The summed E-state index contributed by atoms with van der Waals surface area (Å²) in [4.78, 5) is 22.8. The maximum absolute atomic E-state index is 11.6. The molecule has 2 rings (SSSR count). The Morgan fingerprint density at radius 1 is 1.29 bits per heavy atom. The molecule has 0 saturated heterocycles. The van der Waals surface area contributed by atoms with Gasteiger partial charge >= 0.3 is 12.0 Å². The first-order valence-electron chi connectivity index (χ1n) is 6.87. The summed E-state index contributed by atoms with van der Waals surface area (Å²) in [5.74, 6) is 4.84. The quantitative estimate of drug-likeness (QED) is 0.574. The second-order valence-corrected chi connectivity index (χ2v) is 5.02. The highest BCUT2D eigenvalue weighted by atomic mass is 16.4.